The lowest BCUT2D eigenvalue weighted by Gasteiger charge is -2.39. The molecule has 0 aromatic heterocycles. The third-order valence-corrected chi connectivity index (χ3v) is 21.3. The molecule has 5 aliphatic heterocycles. The van der Waals surface area contributed by atoms with E-state index < -0.39 is 31.7 Å². The first-order chi connectivity index (χ1) is 35.9. The van der Waals surface area contributed by atoms with E-state index >= 15 is 9.59 Å². The maximum Gasteiger partial charge on any atom is 0.264 e. The molecule has 0 unspecified atom stereocenters. The first-order valence-corrected chi connectivity index (χ1v) is 28.6. The van der Waals surface area contributed by atoms with E-state index in [2.05, 4.69) is 38.2 Å². The molecule has 5 atom stereocenters. The number of benzene rings is 8. The van der Waals surface area contributed by atoms with E-state index in [1.165, 1.54) is 0 Å². The quantitative estimate of drug-likeness (QED) is 0.136. The number of carbonyl (C=O) groups excluding carboxylic acids is 4. The number of ether oxygens (including phenoxy) is 2. The normalized spacial score (nSPS) is 21.7. The molecule has 1 saturated heterocycles. The van der Waals surface area contributed by atoms with Gasteiger partial charge in [0.1, 0.15) is 5.75 Å². The predicted molar refractivity (Wildman–Crippen MR) is 291 cm³/mol. The van der Waals surface area contributed by atoms with Gasteiger partial charge in [0.05, 0.1) is 75.1 Å². The summed E-state index contributed by atoms with van der Waals surface area (Å²) in [7, 11) is -1.06. The molecule has 5 aliphatic rings. The van der Waals surface area contributed by atoms with Gasteiger partial charge in [-0.3, -0.25) is 29.0 Å². The topological polar surface area (TPSA) is 120 Å². The van der Waals surface area contributed by atoms with E-state index in [4.69, 9.17) is 9.47 Å². The van der Waals surface area contributed by atoms with Crippen LogP contribution in [0.5, 0.6) is 5.75 Å². The van der Waals surface area contributed by atoms with Crippen molar-refractivity contribution in [3.8, 4) is 5.75 Å². The van der Waals surface area contributed by atoms with Crippen LogP contribution in [0.1, 0.15) is 56.3 Å². The zero-order chi connectivity index (χ0) is 50.8. The lowest BCUT2D eigenvalue weighted by molar-refractivity contribution is -0.151. The number of carbonyl (C=O) groups is 4. The van der Waals surface area contributed by atoms with Gasteiger partial charge in [0, 0.05) is 40.2 Å². The molecular formula is C62H54N4O7Si. The van der Waals surface area contributed by atoms with Crippen LogP contribution in [0.3, 0.4) is 0 Å². The van der Waals surface area contributed by atoms with Gasteiger partial charge in [-0.05, 0) is 106 Å². The summed E-state index contributed by atoms with van der Waals surface area (Å²) in [5.41, 5.74) is 6.71. The molecule has 0 aliphatic carbocycles. The Morgan fingerprint density at radius 2 is 1.30 bits per heavy atom. The fraction of sp³-hybridized carbons (Fsp3) is 0.226. The summed E-state index contributed by atoms with van der Waals surface area (Å²) in [6.45, 7) is 7.07. The van der Waals surface area contributed by atoms with Gasteiger partial charge in [0.2, 0.25) is 5.91 Å². The molecule has 1 N–H and O–H groups in total. The smallest absolute Gasteiger partial charge is 0.264 e. The van der Waals surface area contributed by atoms with Crippen LogP contribution in [-0.4, -0.2) is 67.6 Å². The van der Waals surface area contributed by atoms with Crippen LogP contribution in [-0.2, 0) is 39.4 Å². The minimum absolute atomic E-state index is 0.000496. The Balaban J connectivity index is 0.918. The van der Waals surface area contributed by atoms with Gasteiger partial charge in [0.15, 0.2) is 5.60 Å². The minimum atomic E-state index is -2.71. The van der Waals surface area contributed by atoms with Crippen molar-refractivity contribution in [2.45, 2.75) is 69.2 Å². The number of hydrogen-bond acceptors (Lipinski definition) is 7. The monoisotopic (exact) mass is 994 g/mol. The van der Waals surface area contributed by atoms with Crippen LogP contribution in [0.15, 0.2) is 164 Å². The highest BCUT2D eigenvalue weighted by Crippen LogP contribution is 2.61. The van der Waals surface area contributed by atoms with Crippen molar-refractivity contribution in [1.82, 2.24) is 4.90 Å². The van der Waals surface area contributed by atoms with Gasteiger partial charge in [-0.25, -0.2) is 0 Å². The number of anilines is 5. The van der Waals surface area contributed by atoms with Gasteiger partial charge >= 0.3 is 0 Å². The van der Waals surface area contributed by atoms with E-state index in [9.17, 15) is 14.7 Å². The second kappa shape index (κ2) is 17.1. The predicted octanol–water partition coefficient (Wildman–Crippen LogP) is 10.7. The Bertz CT molecular complexity index is 3660. The van der Waals surface area contributed by atoms with Gasteiger partial charge in [-0.1, -0.05) is 122 Å². The van der Waals surface area contributed by atoms with Gasteiger partial charge < -0.3 is 24.4 Å². The molecule has 5 heterocycles. The summed E-state index contributed by atoms with van der Waals surface area (Å²) >= 11 is 0. The summed E-state index contributed by atoms with van der Waals surface area (Å²) in [4.78, 5) is 66.8. The Hall–Kier alpha value is -7.90. The Morgan fingerprint density at radius 1 is 0.703 bits per heavy atom. The highest BCUT2D eigenvalue weighted by atomic mass is 28.3. The number of aliphatic hydroxyl groups is 1. The molecule has 1 fully saturated rings. The van der Waals surface area contributed by atoms with Crippen LogP contribution >= 0.6 is 0 Å². The van der Waals surface area contributed by atoms with Crippen molar-refractivity contribution >= 4 is 86.9 Å². The first-order valence-electron chi connectivity index (χ1n) is 25.5. The molecule has 0 saturated carbocycles. The zero-order valence-electron chi connectivity index (χ0n) is 41.6. The number of nitrogens with zero attached hydrogens (tertiary/aromatic N) is 4. The lowest BCUT2D eigenvalue weighted by Crippen LogP contribution is -2.52. The van der Waals surface area contributed by atoms with Gasteiger partial charge in [-0.2, -0.15) is 0 Å². The number of rotatable bonds is 10. The molecule has 0 bridgehead atoms. The maximum atomic E-state index is 16.2. The van der Waals surface area contributed by atoms with Crippen molar-refractivity contribution in [1.29, 1.82) is 0 Å². The molecule has 4 amide bonds. The molecular weight excluding hydrogens is 941 g/mol. The summed E-state index contributed by atoms with van der Waals surface area (Å²) in [5.74, 6) is -0.338. The molecule has 8 aromatic rings. The van der Waals surface area contributed by atoms with Crippen LogP contribution in [0.2, 0.25) is 18.6 Å². The molecule has 1 spiro atoms. The second-order valence-electron chi connectivity index (χ2n) is 21.1. The van der Waals surface area contributed by atoms with Crippen LogP contribution in [0.25, 0.3) is 21.5 Å². The molecule has 368 valence electrons. The SMILES string of the molecule is COc1ccc([Si](C)(C)[C@H]2[C@H](CC(=O)N3Cc4ccccc4C[C@H]3CO)O[C@@]3(C(=O)N(Cc4ccc(N5C(=O)c6cccc7cccc5c67)cc4)c4ccc(N5C(=O)c6cccc7cccc5c67)cc43)[C@@H]2C)cc1. The molecule has 11 nitrogen and oxygen atoms in total. The molecule has 74 heavy (non-hydrogen) atoms. The zero-order valence-corrected chi connectivity index (χ0v) is 42.6. The van der Waals surface area contributed by atoms with Crippen LogP contribution in [0, 0.1) is 5.92 Å². The number of amides is 4. The van der Waals surface area contributed by atoms with Crippen molar-refractivity contribution < 1.29 is 33.8 Å². The van der Waals surface area contributed by atoms with Crippen molar-refractivity contribution in [2.75, 3.05) is 28.4 Å². The van der Waals surface area contributed by atoms with Crippen molar-refractivity contribution in [3.63, 3.8) is 0 Å². The molecule has 13 rings (SSSR count). The third kappa shape index (κ3) is 6.70. The Kier molecular flexibility index (Phi) is 10.6. The molecule has 8 aromatic carbocycles. The summed E-state index contributed by atoms with van der Waals surface area (Å²) in [6, 6.07) is 52.9. The maximum absolute atomic E-state index is 16.2. The van der Waals surface area contributed by atoms with Crippen LogP contribution < -0.4 is 24.6 Å². The first kappa shape index (κ1) is 45.9. The van der Waals surface area contributed by atoms with Crippen molar-refractivity contribution in [3.05, 3.63) is 197 Å². The van der Waals surface area contributed by atoms with E-state index in [1.807, 2.05) is 146 Å². The molecule has 12 heteroatoms. The molecule has 0 radical (unpaired) electrons. The average molecular weight is 995 g/mol. The second-order valence-corrected chi connectivity index (χ2v) is 25.8. The minimum Gasteiger partial charge on any atom is -0.497 e. The summed E-state index contributed by atoms with van der Waals surface area (Å²) in [6.07, 6.45) is -0.161. The van der Waals surface area contributed by atoms with E-state index in [0.29, 0.717) is 41.0 Å². The Labute approximate surface area is 430 Å². The summed E-state index contributed by atoms with van der Waals surface area (Å²) in [5, 5.41) is 15.7. The van der Waals surface area contributed by atoms with Crippen molar-refractivity contribution in [2.24, 2.45) is 5.92 Å². The standard InChI is InChI=1S/C62H54N4O7Si/c1-37-58(74(3,4)47-28-26-46(72-2)27-29-47)54(33-55(68)63-35-42-12-6-5-11-41(42)31-45(63)36-67)73-62(37)50-32-44(66-53-20-10-16-40-14-8-18-49(57(40)53)60(66)70)25-30-51(50)64(61(62)71)34-38-21-23-43(24-22-38)65-52-19-9-15-39-13-7-17-48(56(39)52)59(65)69/h5-30,32,37,45,54,58,67H,31,33-36H2,1-4H3/t37-,45+,54+,58-,62+/m1/s1. The number of hydrogen-bond donors (Lipinski definition) is 1. The largest absolute Gasteiger partial charge is 0.497 e. The third-order valence-electron chi connectivity index (χ3n) is 17.0. The fourth-order valence-electron chi connectivity index (χ4n) is 13.4. The van der Waals surface area contributed by atoms with E-state index in [-0.39, 0.29) is 48.7 Å². The number of aliphatic hydroxyl groups excluding tert-OH is 1. The fourth-order valence-corrected chi connectivity index (χ4v) is 17.4. The van der Waals surface area contributed by atoms with Gasteiger partial charge in [0.25, 0.3) is 17.7 Å². The number of fused-ring (bicyclic) bond motifs is 3. The van der Waals surface area contributed by atoms with Crippen LogP contribution in [0.4, 0.5) is 28.4 Å². The van der Waals surface area contributed by atoms with E-state index in [0.717, 1.165) is 66.2 Å². The highest BCUT2D eigenvalue weighted by Gasteiger charge is 2.67. The van der Waals surface area contributed by atoms with E-state index in [1.54, 1.807) is 26.7 Å². The highest BCUT2D eigenvalue weighted by molar-refractivity contribution is 6.91. The summed E-state index contributed by atoms with van der Waals surface area (Å²) < 4.78 is 13.2. The average Bonchev–Trinajstić information content (AvgIpc) is 4.08. The van der Waals surface area contributed by atoms with Gasteiger partial charge in [-0.15, -0.1) is 0 Å². The lowest BCUT2D eigenvalue weighted by atomic mass is 9.82. The number of methoxy groups -OCH3 is 1. The Morgan fingerprint density at radius 3 is 1.92 bits per heavy atom.